The molecule has 0 saturated carbocycles. The molecule has 1 atom stereocenters. The molecule has 6 heteroatoms. The van der Waals surface area contributed by atoms with E-state index >= 15 is 0 Å². The standard InChI is InChI=1S/C11H15BrN2O3/c1-2-3-4-11(15)13-10-6-5-8(14(16)17)7-9(10)12/h5-7,11,13,15H,2-4H2,1H3. The first kappa shape index (κ1) is 13.9. The SMILES string of the molecule is CCCCC(O)Nc1ccc([N+](=O)[O-])cc1Br. The third-order valence-electron chi connectivity index (χ3n) is 2.32. The molecule has 2 N–H and O–H groups in total. The Balaban J connectivity index is 2.69. The van der Waals surface area contributed by atoms with Gasteiger partial charge in [0, 0.05) is 16.6 Å². The number of anilines is 1. The molecule has 0 aliphatic carbocycles. The van der Waals surface area contributed by atoms with E-state index in [4.69, 9.17) is 0 Å². The molecular weight excluding hydrogens is 288 g/mol. The molecule has 0 aromatic heterocycles. The van der Waals surface area contributed by atoms with Gasteiger partial charge in [0.1, 0.15) is 6.23 Å². The van der Waals surface area contributed by atoms with Crippen LogP contribution in [0.5, 0.6) is 0 Å². The Morgan fingerprint density at radius 1 is 1.59 bits per heavy atom. The lowest BCUT2D eigenvalue weighted by Gasteiger charge is -2.14. The summed E-state index contributed by atoms with van der Waals surface area (Å²) in [5.74, 6) is 0. The minimum absolute atomic E-state index is 0.0190. The minimum Gasteiger partial charge on any atom is -0.374 e. The summed E-state index contributed by atoms with van der Waals surface area (Å²) in [6, 6.07) is 4.39. The van der Waals surface area contributed by atoms with Crippen LogP contribution in [-0.4, -0.2) is 16.3 Å². The predicted octanol–water partition coefficient (Wildman–Crippen LogP) is 3.28. The van der Waals surface area contributed by atoms with Crippen molar-refractivity contribution in [1.82, 2.24) is 0 Å². The Kier molecular flexibility index (Phi) is 5.37. The van der Waals surface area contributed by atoms with Crippen LogP contribution in [0.15, 0.2) is 22.7 Å². The van der Waals surface area contributed by atoms with Gasteiger partial charge in [0.05, 0.1) is 10.6 Å². The number of rotatable bonds is 6. The van der Waals surface area contributed by atoms with Gasteiger partial charge in [0.2, 0.25) is 0 Å². The van der Waals surface area contributed by atoms with Crippen molar-refractivity contribution in [3.8, 4) is 0 Å². The maximum atomic E-state index is 10.5. The molecule has 1 rings (SSSR count). The van der Waals surface area contributed by atoms with E-state index in [9.17, 15) is 15.2 Å². The Morgan fingerprint density at radius 3 is 2.82 bits per heavy atom. The molecule has 5 nitrogen and oxygen atoms in total. The van der Waals surface area contributed by atoms with Crippen LogP contribution in [0.2, 0.25) is 0 Å². The summed E-state index contributed by atoms with van der Waals surface area (Å²) in [6.45, 7) is 2.05. The number of non-ortho nitro benzene ring substituents is 1. The van der Waals surface area contributed by atoms with Crippen molar-refractivity contribution >= 4 is 27.3 Å². The number of nitrogens with one attached hydrogen (secondary N) is 1. The number of unbranched alkanes of at least 4 members (excludes halogenated alkanes) is 1. The van der Waals surface area contributed by atoms with Gasteiger partial charge < -0.3 is 10.4 Å². The van der Waals surface area contributed by atoms with E-state index in [-0.39, 0.29) is 5.69 Å². The van der Waals surface area contributed by atoms with Gasteiger partial charge >= 0.3 is 0 Å². The molecule has 0 fully saturated rings. The first-order valence-electron chi connectivity index (χ1n) is 5.43. The largest absolute Gasteiger partial charge is 0.374 e. The fourth-order valence-corrected chi connectivity index (χ4v) is 1.86. The smallest absolute Gasteiger partial charge is 0.270 e. The van der Waals surface area contributed by atoms with Crippen LogP contribution in [0.4, 0.5) is 11.4 Å². The Morgan fingerprint density at radius 2 is 2.29 bits per heavy atom. The third kappa shape index (κ3) is 4.32. The number of nitro groups is 1. The monoisotopic (exact) mass is 302 g/mol. The molecule has 0 aliphatic rings. The molecule has 0 aliphatic heterocycles. The number of nitrogens with zero attached hydrogens (tertiary/aromatic N) is 1. The minimum atomic E-state index is -0.632. The summed E-state index contributed by atoms with van der Waals surface area (Å²) in [4.78, 5) is 10.1. The first-order valence-corrected chi connectivity index (χ1v) is 6.22. The van der Waals surface area contributed by atoms with E-state index < -0.39 is 11.2 Å². The summed E-state index contributed by atoms with van der Waals surface area (Å²) in [5.41, 5.74) is 0.671. The Bertz CT molecular complexity index is 398. The molecular formula is C11H15BrN2O3. The summed E-state index contributed by atoms with van der Waals surface area (Å²) >= 11 is 3.23. The Labute approximate surface area is 108 Å². The van der Waals surface area contributed by atoms with Crippen molar-refractivity contribution in [3.63, 3.8) is 0 Å². The molecule has 1 unspecified atom stereocenters. The van der Waals surface area contributed by atoms with Crippen molar-refractivity contribution in [2.24, 2.45) is 0 Å². The fourth-order valence-electron chi connectivity index (χ4n) is 1.38. The van der Waals surface area contributed by atoms with Gasteiger partial charge in [-0.25, -0.2) is 0 Å². The highest BCUT2D eigenvalue weighted by atomic mass is 79.9. The quantitative estimate of drug-likeness (QED) is 0.480. The zero-order valence-electron chi connectivity index (χ0n) is 9.52. The summed E-state index contributed by atoms with van der Waals surface area (Å²) < 4.78 is 0.572. The number of aliphatic hydroxyl groups is 1. The van der Waals surface area contributed by atoms with Crippen molar-refractivity contribution in [2.75, 3.05) is 5.32 Å². The van der Waals surface area contributed by atoms with Crippen LogP contribution in [0.25, 0.3) is 0 Å². The first-order chi connectivity index (χ1) is 8.04. The van der Waals surface area contributed by atoms with Crippen LogP contribution in [0.1, 0.15) is 26.2 Å². The lowest BCUT2D eigenvalue weighted by Crippen LogP contribution is -2.18. The molecule has 0 amide bonds. The predicted molar refractivity (Wildman–Crippen MR) is 70.0 cm³/mol. The number of aliphatic hydroxyl groups excluding tert-OH is 1. The zero-order chi connectivity index (χ0) is 12.8. The van der Waals surface area contributed by atoms with Crippen molar-refractivity contribution in [3.05, 3.63) is 32.8 Å². The van der Waals surface area contributed by atoms with Crippen LogP contribution in [-0.2, 0) is 0 Å². The number of halogens is 1. The second-order valence-electron chi connectivity index (χ2n) is 3.72. The van der Waals surface area contributed by atoms with Gasteiger partial charge in [-0.2, -0.15) is 0 Å². The molecule has 1 aromatic carbocycles. The van der Waals surface area contributed by atoms with E-state index in [1.54, 1.807) is 6.07 Å². The summed E-state index contributed by atoms with van der Waals surface area (Å²) in [6.07, 6.45) is 1.96. The maximum Gasteiger partial charge on any atom is 0.270 e. The van der Waals surface area contributed by atoms with E-state index in [1.165, 1.54) is 12.1 Å². The lowest BCUT2D eigenvalue weighted by molar-refractivity contribution is -0.384. The molecule has 0 bridgehead atoms. The van der Waals surface area contributed by atoms with Gasteiger partial charge in [-0.3, -0.25) is 10.1 Å². The molecule has 94 valence electrons. The summed E-state index contributed by atoms with van der Waals surface area (Å²) in [7, 11) is 0. The van der Waals surface area contributed by atoms with E-state index in [0.29, 0.717) is 16.6 Å². The van der Waals surface area contributed by atoms with Crippen molar-refractivity contribution < 1.29 is 10.0 Å². The normalized spacial score (nSPS) is 12.2. The zero-order valence-corrected chi connectivity index (χ0v) is 11.1. The number of hydrogen-bond donors (Lipinski definition) is 2. The molecule has 0 spiro atoms. The average Bonchev–Trinajstić information content (AvgIpc) is 2.28. The fraction of sp³-hybridized carbons (Fsp3) is 0.455. The van der Waals surface area contributed by atoms with Crippen LogP contribution in [0.3, 0.4) is 0 Å². The van der Waals surface area contributed by atoms with Crippen LogP contribution >= 0.6 is 15.9 Å². The van der Waals surface area contributed by atoms with Gasteiger partial charge in [-0.1, -0.05) is 13.3 Å². The molecule has 0 saturated heterocycles. The lowest BCUT2D eigenvalue weighted by atomic mass is 10.2. The van der Waals surface area contributed by atoms with Crippen molar-refractivity contribution in [2.45, 2.75) is 32.4 Å². The second kappa shape index (κ2) is 6.56. The number of benzene rings is 1. The molecule has 0 heterocycles. The molecule has 1 aromatic rings. The maximum absolute atomic E-state index is 10.5. The number of nitro benzene ring substituents is 1. The van der Waals surface area contributed by atoms with Crippen molar-refractivity contribution in [1.29, 1.82) is 0 Å². The van der Waals surface area contributed by atoms with E-state index in [0.717, 1.165) is 12.8 Å². The topological polar surface area (TPSA) is 75.4 Å². The highest BCUT2D eigenvalue weighted by molar-refractivity contribution is 9.10. The van der Waals surface area contributed by atoms with Gasteiger partial charge in [-0.15, -0.1) is 0 Å². The average molecular weight is 303 g/mol. The summed E-state index contributed by atoms with van der Waals surface area (Å²) in [5, 5.41) is 23.1. The van der Waals surface area contributed by atoms with Gasteiger partial charge in [-0.05, 0) is 34.8 Å². The van der Waals surface area contributed by atoms with Gasteiger partial charge in [0.15, 0.2) is 0 Å². The number of hydrogen-bond acceptors (Lipinski definition) is 4. The molecule has 17 heavy (non-hydrogen) atoms. The van der Waals surface area contributed by atoms with E-state index in [2.05, 4.69) is 28.2 Å². The highest BCUT2D eigenvalue weighted by Crippen LogP contribution is 2.27. The van der Waals surface area contributed by atoms with Crippen LogP contribution in [0, 0.1) is 10.1 Å². The Hall–Kier alpha value is -1.14. The highest BCUT2D eigenvalue weighted by Gasteiger charge is 2.11. The van der Waals surface area contributed by atoms with E-state index in [1.807, 2.05) is 0 Å². The second-order valence-corrected chi connectivity index (χ2v) is 4.58. The van der Waals surface area contributed by atoms with Crippen LogP contribution < -0.4 is 5.32 Å². The molecule has 0 radical (unpaired) electrons. The third-order valence-corrected chi connectivity index (χ3v) is 2.97. The van der Waals surface area contributed by atoms with Gasteiger partial charge in [0.25, 0.3) is 5.69 Å².